The van der Waals surface area contributed by atoms with Crippen LogP contribution in [-0.4, -0.2) is 23.4 Å². The number of nitro benzene ring substituents is 1. The first kappa shape index (κ1) is 18.3. The van der Waals surface area contributed by atoms with Crippen LogP contribution in [0.3, 0.4) is 0 Å². The molecule has 2 aromatic rings. The minimum absolute atomic E-state index is 0.0339. The molecule has 0 atom stereocenters. The third-order valence-electron chi connectivity index (χ3n) is 3.95. The molecule has 0 radical (unpaired) electrons. The number of ether oxygens (including phenoxy) is 1. The van der Waals surface area contributed by atoms with E-state index in [9.17, 15) is 19.7 Å². The van der Waals surface area contributed by atoms with Gasteiger partial charge in [-0.05, 0) is 42.7 Å². The highest BCUT2D eigenvalue weighted by Crippen LogP contribution is 2.46. The quantitative estimate of drug-likeness (QED) is 0.438. The van der Waals surface area contributed by atoms with Crippen molar-refractivity contribution in [3.63, 3.8) is 0 Å². The van der Waals surface area contributed by atoms with E-state index in [1.807, 2.05) is 5.38 Å². The van der Waals surface area contributed by atoms with E-state index in [-0.39, 0.29) is 22.9 Å². The zero-order chi connectivity index (χ0) is 18.8. The molecule has 1 aliphatic rings. The van der Waals surface area contributed by atoms with Crippen molar-refractivity contribution < 1.29 is 19.2 Å². The van der Waals surface area contributed by atoms with Crippen molar-refractivity contribution in [1.29, 1.82) is 0 Å². The highest BCUT2D eigenvalue weighted by atomic mass is 35.5. The van der Waals surface area contributed by atoms with Crippen LogP contribution in [0.4, 0.5) is 10.7 Å². The van der Waals surface area contributed by atoms with Crippen molar-refractivity contribution in [3.8, 4) is 0 Å². The predicted octanol–water partition coefficient (Wildman–Crippen LogP) is 4.62. The van der Waals surface area contributed by atoms with Crippen LogP contribution >= 0.6 is 22.9 Å². The lowest BCUT2D eigenvalue weighted by Gasteiger charge is -2.09. The summed E-state index contributed by atoms with van der Waals surface area (Å²) in [5.74, 6) is -0.695. The number of esters is 1. The van der Waals surface area contributed by atoms with E-state index in [1.54, 1.807) is 6.92 Å². The molecule has 0 unspecified atom stereocenters. The molecular weight excluding hydrogens is 380 g/mol. The smallest absolute Gasteiger partial charge is 0.341 e. The van der Waals surface area contributed by atoms with Crippen LogP contribution in [0.5, 0.6) is 0 Å². The largest absolute Gasteiger partial charge is 0.462 e. The topological polar surface area (TPSA) is 98.5 Å². The van der Waals surface area contributed by atoms with E-state index in [2.05, 4.69) is 5.32 Å². The molecule has 1 heterocycles. The third-order valence-corrected chi connectivity index (χ3v) is 5.18. The monoisotopic (exact) mass is 394 g/mol. The normalized spacial score (nSPS) is 13.3. The molecule has 1 saturated carbocycles. The Morgan fingerprint density at radius 2 is 2.15 bits per heavy atom. The van der Waals surface area contributed by atoms with E-state index in [0.29, 0.717) is 16.5 Å². The molecule has 0 bridgehead atoms. The molecule has 7 nitrogen and oxygen atoms in total. The number of rotatable bonds is 6. The summed E-state index contributed by atoms with van der Waals surface area (Å²) in [7, 11) is 0. The highest BCUT2D eigenvalue weighted by molar-refractivity contribution is 7.15. The molecule has 3 rings (SSSR count). The molecule has 136 valence electrons. The Hall–Kier alpha value is -2.45. The lowest BCUT2D eigenvalue weighted by atomic mass is 10.1. The molecule has 1 aliphatic carbocycles. The first-order valence-corrected chi connectivity index (χ1v) is 9.22. The minimum Gasteiger partial charge on any atom is -0.462 e. The summed E-state index contributed by atoms with van der Waals surface area (Å²) in [4.78, 5) is 35.0. The number of hydrogen-bond donors (Lipinski definition) is 1. The molecule has 9 heteroatoms. The van der Waals surface area contributed by atoms with Gasteiger partial charge in [-0.1, -0.05) is 11.6 Å². The van der Waals surface area contributed by atoms with Gasteiger partial charge in [-0.2, -0.15) is 0 Å². The molecule has 1 aromatic carbocycles. The Morgan fingerprint density at radius 3 is 2.73 bits per heavy atom. The zero-order valence-electron chi connectivity index (χ0n) is 13.8. The number of nitrogens with one attached hydrogen (secondary N) is 1. The molecule has 1 fully saturated rings. The van der Waals surface area contributed by atoms with Crippen LogP contribution in [0, 0.1) is 10.1 Å². The number of hydrogen-bond acceptors (Lipinski definition) is 6. The molecule has 0 aliphatic heterocycles. The van der Waals surface area contributed by atoms with Gasteiger partial charge in [0.1, 0.15) is 5.00 Å². The average molecular weight is 395 g/mol. The summed E-state index contributed by atoms with van der Waals surface area (Å²) >= 11 is 7.25. The second kappa shape index (κ2) is 7.43. The fourth-order valence-corrected chi connectivity index (χ4v) is 3.83. The summed E-state index contributed by atoms with van der Waals surface area (Å²) in [6, 6.07) is 3.61. The molecule has 26 heavy (non-hydrogen) atoms. The fraction of sp³-hybridized carbons (Fsp3) is 0.294. The SMILES string of the molecule is CCOC(=O)c1c(C2CC2)csc1NC(=O)c1ccc([N+](=O)[O-])cc1Cl. The van der Waals surface area contributed by atoms with Gasteiger partial charge in [-0.3, -0.25) is 14.9 Å². The van der Waals surface area contributed by atoms with Gasteiger partial charge in [-0.15, -0.1) is 11.3 Å². The van der Waals surface area contributed by atoms with Crippen LogP contribution in [0.25, 0.3) is 0 Å². The van der Waals surface area contributed by atoms with E-state index in [4.69, 9.17) is 16.3 Å². The number of non-ortho nitro benzene ring substituents is 1. The van der Waals surface area contributed by atoms with Gasteiger partial charge >= 0.3 is 5.97 Å². The van der Waals surface area contributed by atoms with Gasteiger partial charge in [0, 0.05) is 12.1 Å². The van der Waals surface area contributed by atoms with Crippen LogP contribution < -0.4 is 5.32 Å². The number of nitrogens with zero attached hydrogens (tertiary/aromatic N) is 1. The first-order valence-electron chi connectivity index (χ1n) is 7.96. The van der Waals surface area contributed by atoms with Gasteiger partial charge in [0.15, 0.2) is 0 Å². The Kier molecular flexibility index (Phi) is 5.24. The van der Waals surface area contributed by atoms with E-state index >= 15 is 0 Å². The molecule has 1 aromatic heterocycles. The Balaban J connectivity index is 1.88. The number of nitro groups is 1. The second-order valence-electron chi connectivity index (χ2n) is 5.77. The van der Waals surface area contributed by atoms with Gasteiger partial charge in [0.05, 0.1) is 27.7 Å². The summed E-state index contributed by atoms with van der Waals surface area (Å²) < 4.78 is 5.11. The van der Waals surface area contributed by atoms with E-state index < -0.39 is 16.8 Å². The molecule has 1 amide bonds. The second-order valence-corrected chi connectivity index (χ2v) is 7.05. The summed E-state index contributed by atoms with van der Waals surface area (Å²) in [5, 5.41) is 15.7. The maximum Gasteiger partial charge on any atom is 0.341 e. The van der Waals surface area contributed by atoms with Crippen LogP contribution in [0.15, 0.2) is 23.6 Å². The number of carbonyl (C=O) groups is 2. The number of amides is 1. The maximum absolute atomic E-state index is 12.5. The van der Waals surface area contributed by atoms with Crippen molar-refractivity contribution in [1.82, 2.24) is 0 Å². The minimum atomic E-state index is -0.590. The molecule has 0 spiro atoms. The third kappa shape index (κ3) is 3.71. The Morgan fingerprint density at radius 1 is 1.42 bits per heavy atom. The first-order chi connectivity index (χ1) is 12.4. The van der Waals surface area contributed by atoms with Gasteiger partial charge in [0.2, 0.25) is 0 Å². The average Bonchev–Trinajstić information content (AvgIpc) is 3.35. The summed E-state index contributed by atoms with van der Waals surface area (Å²) in [5.41, 5.74) is 1.16. The van der Waals surface area contributed by atoms with Crippen molar-refractivity contribution in [2.24, 2.45) is 0 Å². The molecular formula is C17H15ClN2O5S. The Bertz CT molecular complexity index is 891. The number of thiophene rings is 1. The van der Waals surface area contributed by atoms with Crippen molar-refractivity contribution in [2.75, 3.05) is 11.9 Å². The number of anilines is 1. The molecule has 0 saturated heterocycles. The number of benzene rings is 1. The van der Waals surface area contributed by atoms with Crippen LogP contribution in [0.1, 0.15) is 52.0 Å². The number of halogens is 1. The van der Waals surface area contributed by atoms with E-state index in [0.717, 1.165) is 24.5 Å². The van der Waals surface area contributed by atoms with E-state index in [1.165, 1.54) is 23.5 Å². The Labute approximate surface area is 158 Å². The molecule has 1 N–H and O–H groups in total. The standard InChI is InChI=1S/C17H15ClN2O5S/c1-2-25-17(22)14-12(9-3-4-9)8-26-16(14)19-15(21)11-6-5-10(20(23)24)7-13(11)18/h5-9H,2-4H2,1H3,(H,19,21). The predicted molar refractivity (Wildman–Crippen MR) is 98.3 cm³/mol. The van der Waals surface area contributed by atoms with Gasteiger partial charge < -0.3 is 10.1 Å². The van der Waals surface area contributed by atoms with Crippen molar-refractivity contribution in [3.05, 3.63) is 55.4 Å². The lowest BCUT2D eigenvalue weighted by molar-refractivity contribution is -0.384. The fourth-order valence-electron chi connectivity index (χ4n) is 2.54. The van der Waals surface area contributed by atoms with Gasteiger partial charge in [-0.25, -0.2) is 4.79 Å². The maximum atomic E-state index is 12.5. The van der Waals surface area contributed by atoms with Gasteiger partial charge in [0.25, 0.3) is 11.6 Å². The lowest BCUT2D eigenvalue weighted by Crippen LogP contribution is -2.15. The van der Waals surface area contributed by atoms with Crippen LogP contribution in [0.2, 0.25) is 5.02 Å². The summed E-state index contributed by atoms with van der Waals surface area (Å²) in [6.07, 6.45) is 2.01. The zero-order valence-corrected chi connectivity index (χ0v) is 15.4. The number of carbonyl (C=O) groups excluding carboxylic acids is 2. The van der Waals surface area contributed by atoms with Crippen LogP contribution in [-0.2, 0) is 4.74 Å². The van der Waals surface area contributed by atoms with Crippen molar-refractivity contribution in [2.45, 2.75) is 25.7 Å². The van der Waals surface area contributed by atoms with Crippen molar-refractivity contribution >= 4 is 45.5 Å². The highest BCUT2D eigenvalue weighted by Gasteiger charge is 2.32. The summed E-state index contributed by atoms with van der Waals surface area (Å²) in [6.45, 7) is 1.95.